The van der Waals surface area contributed by atoms with Crippen molar-refractivity contribution in [3.05, 3.63) is 71.3 Å². The minimum atomic E-state index is -2.74. The molecule has 1 aliphatic heterocycles. The van der Waals surface area contributed by atoms with Crippen LogP contribution in [0.3, 0.4) is 0 Å². The van der Waals surface area contributed by atoms with Gasteiger partial charge < -0.3 is 9.88 Å². The number of nitrogens with one attached hydrogen (secondary N) is 1. The molecule has 0 aromatic carbocycles. The van der Waals surface area contributed by atoms with E-state index in [0.29, 0.717) is 24.4 Å². The average molecular weight is 397 g/mol. The monoisotopic (exact) mass is 397 g/mol. The van der Waals surface area contributed by atoms with Gasteiger partial charge in [0.15, 0.2) is 0 Å². The van der Waals surface area contributed by atoms with Crippen LogP contribution in [0.5, 0.6) is 0 Å². The number of alkyl halides is 2. The summed E-state index contributed by atoms with van der Waals surface area (Å²) >= 11 is 0. The number of hydrogen-bond donors (Lipinski definition) is 1. The summed E-state index contributed by atoms with van der Waals surface area (Å²) in [4.78, 5) is 22.5. The van der Waals surface area contributed by atoms with Crippen molar-refractivity contribution in [3.63, 3.8) is 0 Å². The highest BCUT2D eigenvalue weighted by molar-refractivity contribution is 5.93. The average Bonchev–Trinajstić information content (AvgIpc) is 3.43. The molecule has 148 valence electrons. The first-order chi connectivity index (χ1) is 14.0. The molecule has 0 spiro atoms. The van der Waals surface area contributed by atoms with E-state index < -0.39 is 18.2 Å². The van der Waals surface area contributed by atoms with Crippen LogP contribution in [0.1, 0.15) is 45.7 Å². The SMILES string of the molecule is Cn1nc(C(F)F)cc1C(=O)N1CCc2[nH]cnc2C1c1cc2ccccn2n1. The van der Waals surface area contributed by atoms with E-state index in [-0.39, 0.29) is 11.6 Å². The van der Waals surface area contributed by atoms with Gasteiger partial charge in [-0.1, -0.05) is 6.07 Å². The number of carbonyl (C=O) groups excluding carboxylic acids is 1. The van der Waals surface area contributed by atoms with E-state index >= 15 is 0 Å². The fourth-order valence-electron chi connectivity index (χ4n) is 3.83. The maximum atomic E-state index is 13.3. The van der Waals surface area contributed by atoms with E-state index in [0.717, 1.165) is 17.3 Å². The Morgan fingerprint density at radius 1 is 1.28 bits per heavy atom. The summed E-state index contributed by atoms with van der Waals surface area (Å²) in [5, 5.41) is 8.39. The molecule has 4 aromatic rings. The van der Waals surface area contributed by atoms with Crippen LogP contribution < -0.4 is 0 Å². The number of amides is 1. The van der Waals surface area contributed by atoms with Crippen LogP contribution >= 0.6 is 0 Å². The normalized spacial score (nSPS) is 16.6. The standard InChI is InChI=1S/C19H17F2N7O/c1-26-15(9-14(24-26)18(20)21)19(29)27-7-5-12-16(23-10-22-12)17(27)13-8-11-4-2-3-6-28(11)25-13/h2-4,6,8-10,17-18H,5,7H2,1H3,(H,22,23). The smallest absolute Gasteiger partial charge is 0.282 e. The molecule has 4 aromatic heterocycles. The summed E-state index contributed by atoms with van der Waals surface area (Å²) in [6, 6.07) is 8.23. The van der Waals surface area contributed by atoms with E-state index in [1.54, 1.807) is 15.7 Å². The van der Waals surface area contributed by atoms with Gasteiger partial charge in [-0.2, -0.15) is 10.2 Å². The van der Waals surface area contributed by atoms with Crippen molar-refractivity contribution in [3.8, 4) is 0 Å². The molecular weight excluding hydrogens is 380 g/mol. The first kappa shape index (κ1) is 17.5. The lowest BCUT2D eigenvalue weighted by Gasteiger charge is -2.33. The Bertz CT molecular complexity index is 1180. The number of fused-ring (bicyclic) bond motifs is 2. The fourth-order valence-corrected chi connectivity index (χ4v) is 3.83. The van der Waals surface area contributed by atoms with Gasteiger partial charge in [-0.15, -0.1) is 0 Å². The second kappa shape index (κ2) is 6.50. The number of hydrogen-bond acceptors (Lipinski definition) is 4. The zero-order chi connectivity index (χ0) is 20.1. The van der Waals surface area contributed by atoms with Crippen LogP contribution in [-0.2, 0) is 13.5 Å². The summed E-state index contributed by atoms with van der Waals surface area (Å²) in [6.45, 7) is 0.405. The van der Waals surface area contributed by atoms with Crippen molar-refractivity contribution in [1.29, 1.82) is 0 Å². The molecule has 0 saturated heterocycles. The topological polar surface area (TPSA) is 84.1 Å². The number of aromatic nitrogens is 6. The summed E-state index contributed by atoms with van der Waals surface area (Å²) in [6.07, 6.45) is 1.27. The molecule has 1 N–H and O–H groups in total. The fraction of sp³-hybridized carbons (Fsp3) is 0.263. The van der Waals surface area contributed by atoms with Gasteiger partial charge in [0.25, 0.3) is 12.3 Å². The van der Waals surface area contributed by atoms with E-state index in [2.05, 4.69) is 20.2 Å². The first-order valence-electron chi connectivity index (χ1n) is 9.12. The van der Waals surface area contributed by atoms with Gasteiger partial charge in [-0.25, -0.2) is 18.3 Å². The van der Waals surface area contributed by atoms with Crippen molar-refractivity contribution in [2.45, 2.75) is 18.9 Å². The van der Waals surface area contributed by atoms with Gasteiger partial charge in [-0.05, 0) is 24.3 Å². The quantitative estimate of drug-likeness (QED) is 0.576. The molecule has 1 aliphatic rings. The first-order valence-corrected chi connectivity index (χ1v) is 9.12. The van der Waals surface area contributed by atoms with Crippen LogP contribution in [0, 0.1) is 0 Å². The third-order valence-corrected chi connectivity index (χ3v) is 5.20. The predicted octanol–water partition coefficient (Wildman–Crippen LogP) is 2.52. The molecule has 1 unspecified atom stereocenters. The highest BCUT2D eigenvalue weighted by atomic mass is 19.3. The van der Waals surface area contributed by atoms with Gasteiger partial charge >= 0.3 is 0 Å². The second-order valence-electron chi connectivity index (χ2n) is 6.94. The summed E-state index contributed by atoms with van der Waals surface area (Å²) in [7, 11) is 1.49. The lowest BCUT2D eigenvalue weighted by Crippen LogP contribution is -2.41. The third-order valence-electron chi connectivity index (χ3n) is 5.20. The minimum absolute atomic E-state index is 0.105. The number of pyridine rings is 1. The lowest BCUT2D eigenvalue weighted by molar-refractivity contribution is 0.0675. The molecule has 0 fully saturated rings. The third kappa shape index (κ3) is 2.79. The lowest BCUT2D eigenvalue weighted by atomic mass is 9.99. The summed E-state index contributed by atoms with van der Waals surface area (Å²) in [5.41, 5.74) is 2.89. The van der Waals surface area contributed by atoms with Gasteiger partial charge in [0, 0.05) is 31.9 Å². The number of rotatable bonds is 3. The highest BCUT2D eigenvalue weighted by Crippen LogP contribution is 2.34. The Morgan fingerprint density at radius 2 is 2.14 bits per heavy atom. The van der Waals surface area contributed by atoms with Gasteiger partial charge in [0.05, 0.1) is 23.2 Å². The van der Waals surface area contributed by atoms with E-state index in [1.165, 1.54) is 11.7 Å². The molecule has 0 saturated carbocycles. The number of nitrogens with zero attached hydrogens (tertiary/aromatic N) is 6. The molecule has 0 bridgehead atoms. The van der Waals surface area contributed by atoms with Crippen molar-refractivity contribution in [2.24, 2.45) is 7.05 Å². The van der Waals surface area contributed by atoms with Crippen molar-refractivity contribution in [2.75, 3.05) is 6.54 Å². The summed E-state index contributed by atoms with van der Waals surface area (Å²) in [5.74, 6) is -0.386. The molecule has 5 heterocycles. The Morgan fingerprint density at radius 3 is 2.90 bits per heavy atom. The largest absolute Gasteiger partial charge is 0.348 e. The Labute approximate surface area is 163 Å². The Hall–Kier alpha value is -3.56. The van der Waals surface area contributed by atoms with Crippen LogP contribution in [0.2, 0.25) is 0 Å². The van der Waals surface area contributed by atoms with Crippen molar-refractivity contribution >= 4 is 11.4 Å². The number of aryl methyl sites for hydroxylation is 1. The zero-order valence-corrected chi connectivity index (χ0v) is 15.5. The minimum Gasteiger partial charge on any atom is -0.348 e. The Balaban J connectivity index is 1.60. The number of carbonyl (C=O) groups is 1. The predicted molar refractivity (Wildman–Crippen MR) is 98.5 cm³/mol. The van der Waals surface area contributed by atoms with Crippen molar-refractivity contribution in [1.82, 2.24) is 34.3 Å². The molecule has 0 radical (unpaired) electrons. The van der Waals surface area contributed by atoms with Crippen LogP contribution in [0.4, 0.5) is 8.78 Å². The molecular formula is C19H17F2N7O. The summed E-state index contributed by atoms with van der Waals surface area (Å²) < 4.78 is 29.0. The molecule has 29 heavy (non-hydrogen) atoms. The van der Waals surface area contributed by atoms with E-state index in [9.17, 15) is 13.6 Å². The maximum Gasteiger partial charge on any atom is 0.282 e. The second-order valence-corrected chi connectivity index (χ2v) is 6.94. The Kier molecular flexibility index (Phi) is 3.93. The molecule has 10 heteroatoms. The molecule has 1 atom stereocenters. The van der Waals surface area contributed by atoms with Gasteiger partial charge in [0.1, 0.15) is 17.4 Å². The number of H-pyrrole nitrogens is 1. The number of halogens is 2. The zero-order valence-electron chi connectivity index (χ0n) is 15.5. The van der Waals surface area contributed by atoms with Crippen LogP contribution in [0.25, 0.3) is 5.52 Å². The van der Waals surface area contributed by atoms with Crippen LogP contribution in [0.15, 0.2) is 42.9 Å². The van der Waals surface area contributed by atoms with Crippen LogP contribution in [-0.4, -0.2) is 46.7 Å². The molecule has 1 amide bonds. The molecule has 0 aliphatic carbocycles. The van der Waals surface area contributed by atoms with E-state index in [4.69, 9.17) is 0 Å². The van der Waals surface area contributed by atoms with Gasteiger partial charge in [0.2, 0.25) is 0 Å². The highest BCUT2D eigenvalue weighted by Gasteiger charge is 2.37. The van der Waals surface area contributed by atoms with E-state index in [1.807, 2.05) is 30.5 Å². The maximum absolute atomic E-state index is 13.3. The van der Waals surface area contributed by atoms with Crippen molar-refractivity contribution < 1.29 is 13.6 Å². The molecule has 8 nitrogen and oxygen atoms in total. The number of aromatic amines is 1. The number of imidazole rings is 1. The van der Waals surface area contributed by atoms with Gasteiger partial charge in [-0.3, -0.25) is 9.48 Å². The molecule has 5 rings (SSSR count).